The molecule has 0 saturated carbocycles. The van der Waals surface area contributed by atoms with Gasteiger partial charge in [-0.05, 0) is 63.8 Å². The van der Waals surface area contributed by atoms with Crippen LogP contribution in [0.5, 0.6) is 5.88 Å². The van der Waals surface area contributed by atoms with Crippen LogP contribution in [0.25, 0.3) is 22.8 Å². The van der Waals surface area contributed by atoms with Crippen LogP contribution in [0, 0.1) is 0 Å². The summed E-state index contributed by atoms with van der Waals surface area (Å²) in [6.07, 6.45) is 1.32. The number of fused-ring (bicyclic) bond motifs is 8. The quantitative estimate of drug-likeness (QED) is 0.0956. The van der Waals surface area contributed by atoms with Gasteiger partial charge in [-0.1, -0.05) is 24.3 Å². The molecule has 0 radical (unpaired) electrons. The van der Waals surface area contributed by atoms with Gasteiger partial charge in [0.25, 0.3) is 0 Å². The van der Waals surface area contributed by atoms with Crippen LogP contribution in [0.3, 0.4) is 0 Å². The van der Waals surface area contributed by atoms with Crippen molar-refractivity contribution < 1.29 is 60.4 Å². The number of amides is 4. The smallest absolute Gasteiger partial charge is 0.416 e. The predicted molar refractivity (Wildman–Crippen MR) is 265 cm³/mol. The normalized spacial score (nSPS) is 19.5. The number of hydrogen-bond acceptors (Lipinski definition) is 17. The van der Waals surface area contributed by atoms with Crippen LogP contribution in [-0.2, 0) is 28.2 Å². The van der Waals surface area contributed by atoms with E-state index in [-0.39, 0.29) is 65.1 Å². The Morgan fingerprint density at radius 3 is 1.79 bits per heavy atom. The lowest BCUT2D eigenvalue weighted by atomic mass is 10.1. The highest BCUT2D eigenvalue weighted by atomic mass is 19.4. The molecular weight excluding hydrogens is 1020 g/mol. The molecule has 3 saturated heterocycles. The number of alkyl halides is 6. The number of rotatable bonds is 11. The number of carbonyl (C=O) groups is 2. The zero-order chi connectivity index (χ0) is 54.2. The zero-order valence-corrected chi connectivity index (χ0v) is 41.2. The van der Waals surface area contributed by atoms with Crippen molar-refractivity contribution in [2.45, 2.75) is 82.0 Å². The molecular formula is C50H50F6N14O7. The fraction of sp³-hybridized carbons (Fsp3) is 0.400. The second-order valence-electron chi connectivity index (χ2n) is 19.1. The summed E-state index contributed by atoms with van der Waals surface area (Å²) in [4.78, 5) is 68.7. The first-order valence-electron chi connectivity index (χ1n) is 24.4. The molecule has 4 N–H and O–H groups in total. The van der Waals surface area contributed by atoms with Crippen LogP contribution in [0.4, 0.5) is 70.6 Å². The van der Waals surface area contributed by atoms with Crippen molar-refractivity contribution in [2.75, 3.05) is 76.2 Å². The number of aliphatic hydroxyl groups excluding tert-OH is 2. The van der Waals surface area contributed by atoms with Crippen LogP contribution in [0.15, 0.2) is 85.7 Å². The Bertz CT molecular complexity index is 3160. The summed E-state index contributed by atoms with van der Waals surface area (Å²) >= 11 is 0. The minimum atomic E-state index is -4.52. The van der Waals surface area contributed by atoms with Gasteiger partial charge in [0.1, 0.15) is 12.7 Å². The third kappa shape index (κ3) is 11.8. The van der Waals surface area contributed by atoms with Gasteiger partial charge in [-0.15, -0.1) is 0 Å². The molecule has 27 heteroatoms. The van der Waals surface area contributed by atoms with Gasteiger partial charge in [0.15, 0.2) is 40.7 Å². The number of benzene rings is 2. The van der Waals surface area contributed by atoms with Crippen molar-refractivity contribution >= 4 is 46.7 Å². The number of ether oxygens (including phenoxy) is 3. The summed E-state index contributed by atoms with van der Waals surface area (Å²) < 4.78 is 96.3. The largest absolute Gasteiger partial charge is 0.474 e. The van der Waals surface area contributed by atoms with E-state index in [0.29, 0.717) is 87.2 Å². The molecule has 4 aromatic heterocycles. The van der Waals surface area contributed by atoms with Gasteiger partial charge in [0.05, 0.1) is 90.6 Å². The van der Waals surface area contributed by atoms with Gasteiger partial charge in [0, 0.05) is 43.5 Å². The summed E-state index contributed by atoms with van der Waals surface area (Å²) in [5, 5.41) is 23.9. The first kappa shape index (κ1) is 52.6. The summed E-state index contributed by atoms with van der Waals surface area (Å²) in [5.74, 6) is 0.591. The molecule has 21 nitrogen and oxygen atoms in total. The van der Waals surface area contributed by atoms with E-state index in [1.807, 2.05) is 18.7 Å². The molecule has 0 unspecified atom stereocenters. The van der Waals surface area contributed by atoms with Crippen LogP contribution < -0.4 is 35.0 Å². The van der Waals surface area contributed by atoms with E-state index in [4.69, 9.17) is 19.3 Å². The van der Waals surface area contributed by atoms with Gasteiger partial charge < -0.3 is 34.2 Å². The molecule has 2 aromatic carbocycles. The number of nitrogens with zero attached hydrogens (tertiary/aromatic N) is 12. The Morgan fingerprint density at radius 2 is 1.29 bits per heavy atom. The topological polar surface area (TPSA) is 242 Å². The second-order valence-corrected chi connectivity index (χ2v) is 19.1. The third-order valence-electron chi connectivity index (χ3n) is 13.2. The van der Waals surface area contributed by atoms with Crippen molar-refractivity contribution in [1.29, 1.82) is 0 Å². The number of hydrogen-bond donors (Lipinski definition) is 4. The Hall–Kier alpha value is -7.88. The highest BCUT2D eigenvalue weighted by molar-refractivity contribution is 6.05. The zero-order valence-electron chi connectivity index (χ0n) is 41.2. The monoisotopic (exact) mass is 1070 g/mol. The number of carbonyl (C=O) groups excluding carboxylic acids is 2. The predicted octanol–water partition coefficient (Wildman–Crippen LogP) is 6.98. The van der Waals surface area contributed by atoms with Crippen LogP contribution >= 0.6 is 0 Å². The average Bonchev–Trinajstić information content (AvgIpc) is 4.16. The Labute approximate surface area is 435 Å². The molecule has 6 aromatic rings. The number of nitrogens with one attached hydrogen (secondary N) is 2. The van der Waals surface area contributed by atoms with Gasteiger partial charge >= 0.3 is 24.4 Å². The van der Waals surface area contributed by atoms with E-state index in [1.54, 1.807) is 17.3 Å². The van der Waals surface area contributed by atoms with Crippen LogP contribution in [-0.4, -0.2) is 138 Å². The first-order chi connectivity index (χ1) is 36.8. The molecule has 4 bridgehead atoms. The van der Waals surface area contributed by atoms with E-state index in [9.17, 15) is 41.0 Å². The van der Waals surface area contributed by atoms with Gasteiger partial charge in [-0.25, -0.2) is 34.5 Å². The van der Waals surface area contributed by atoms with Crippen molar-refractivity contribution in [3.63, 3.8) is 0 Å². The standard InChI is InChI=1S/C27H28F3N7O3.C23H22F3N7O4/c1-26(2)39-15-20(40-26)7-6-18-11-31-13-22(33-18)34-25(38)37-19-8-9-36(14-19)21-12-32-23(35-24(21)37)16-4-3-5-17(10-16)27(28,29)30;24-23(25,26)14-3-1-2-13(6-14)20-28-7-17-21(31-20)33(15-4-5-32(17)10-15)22(36)30-18-8-27-9-19(29-18)37-12-16(35)11-34/h3-5,10-13,19-20H,6-9,14-15H2,1-2H3,(H,33,34,38);1-3,6-9,15-16,34-35H,4-5,10-12H2,(H,29,30,36)/t19-,20-;15-,16+/m00/s1. The minimum absolute atomic E-state index is 0.0329. The lowest BCUT2D eigenvalue weighted by Gasteiger charge is -2.35. The molecule has 4 atom stereocenters. The fourth-order valence-corrected chi connectivity index (χ4v) is 9.55. The lowest BCUT2D eigenvalue weighted by molar-refractivity contribution is -0.139. The number of aromatic nitrogens is 8. The van der Waals surface area contributed by atoms with Crippen molar-refractivity contribution in [1.82, 2.24) is 39.9 Å². The Kier molecular flexibility index (Phi) is 14.5. The maximum Gasteiger partial charge on any atom is 0.416 e. The SMILES string of the molecule is CC1(C)OC[C@H](CCc2cncc(NC(=O)N3c4nc(-c5cccc(C(F)(F)F)c5)ncc4N4CC[C@H]3C4)n2)O1.O=C(Nc1cncc(OC[C@H](O)CO)n1)N1c2nc(-c3cccc(C(F)(F)F)c3)ncc2N2CC[C@H]1C2. The molecule has 0 spiro atoms. The number of urea groups is 2. The number of aliphatic hydroxyl groups is 2. The minimum Gasteiger partial charge on any atom is -0.474 e. The van der Waals surface area contributed by atoms with Crippen LogP contribution in [0.1, 0.15) is 49.9 Å². The summed E-state index contributed by atoms with van der Waals surface area (Å²) in [6.45, 7) is 6.11. The molecule has 77 heavy (non-hydrogen) atoms. The molecule has 9 heterocycles. The average molecular weight is 1070 g/mol. The van der Waals surface area contributed by atoms with Gasteiger partial charge in [0.2, 0.25) is 5.88 Å². The Morgan fingerprint density at radius 1 is 0.753 bits per heavy atom. The van der Waals surface area contributed by atoms with E-state index in [1.165, 1.54) is 54.0 Å². The fourth-order valence-electron chi connectivity index (χ4n) is 9.55. The van der Waals surface area contributed by atoms with Crippen molar-refractivity contribution in [3.8, 4) is 28.7 Å². The summed E-state index contributed by atoms with van der Waals surface area (Å²) in [7, 11) is 0. The summed E-state index contributed by atoms with van der Waals surface area (Å²) in [6, 6.07) is 8.17. The number of anilines is 6. The van der Waals surface area contributed by atoms with Crippen molar-refractivity contribution in [3.05, 3.63) is 103 Å². The maximum absolute atomic E-state index is 13.6. The molecule has 404 valence electrons. The lowest BCUT2D eigenvalue weighted by Crippen LogP contribution is -2.48. The molecule has 4 amide bonds. The molecule has 5 aliphatic heterocycles. The number of aryl methyl sites for hydroxylation is 1. The summed E-state index contributed by atoms with van der Waals surface area (Å²) in [5.41, 5.74) is 0.723. The van der Waals surface area contributed by atoms with E-state index in [2.05, 4.69) is 55.4 Å². The molecule has 3 fully saturated rings. The molecule has 11 rings (SSSR count). The van der Waals surface area contributed by atoms with Crippen LogP contribution in [0.2, 0.25) is 0 Å². The first-order valence-corrected chi connectivity index (χ1v) is 24.4. The van der Waals surface area contributed by atoms with Crippen molar-refractivity contribution in [2.24, 2.45) is 0 Å². The van der Waals surface area contributed by atoms with Gasteiger partial charge in [-0.3, -0.25) is 30.4 Å². The molecule has 0 aliphatic carbocycles. The maximum atomic E-state index is 13.6. The molecule has 5 aliphatic rings. The van der Waals surface area contributed by atoms with E-state index in [0.717, 1.165) is 24.3 Å². The highest BCUT2D eigenvalue weighted by Crippen LogP contribution is 2.42. The van der Waals surface area contributed by atoms with E-state index < -0.39 is 54.0 Å². The second kappa shape index (κ2) is 21.3. The Balaban J connectivity index is 0.000000175. The highest BCUT2D eigenvalue weighted by Gasteiger charge is 2.43. The van der Waals surface area contributed by atoms with Gasteiger partial charge in [-0.2, -0.15) is 31.3 Å². The number of halogens is 6. The third-order valence-corrected chi connectivity index (χ3v) is 13.2. The van der Waals surface area contributed by atoms with E-state index >= 15 is 0 Å².